The number of furan rings is 1. The number of hydrogen-bond acceptors (Lipinski definition) is 6. The lowest BCUT2D eigenvalue weighted by Gasteiger charge is -2.10. The minimum atomic E-state index is -0.626. The van der Waals surface area contributed by atoms with E-state index in [0.29, 0.717) is 17.0 Å². The molecular weight excluding hydrogens is 386 g/mol. The van der Waals surface area contributed by atoms with Crippen molar-refractivity contribution in [2.75, 3.05) is 12.4 Å². The third kappa shape index (κ3) is 5.14. The highest BCUT2D eigenvalue weighted by Crippen LogP contribution is 2.20. The Morgan fingerprint density at radius 1 is 0.967 bits per heavy atom. The fourth-order valence-corrected chi connectivity index (χ4v) is 2.87. The zero-order chi connectivity index (χ0) is 21.5. The number of para-hydroxylation sites is 1. The molecule has 0 aliphatic carbocycles. The van der Waals surface area contributed by atoms with Crippen LogP contribution in [-0.4, -0.2) is 25.0 Å². The summed E-state index contributed by atoms with van der Waals surface area (Å²) < 4.78 is 15.3. The van der Waals surface area contributed by atoms with Gasteiger partial charge >= 0.3 is 11.9 Å². The molecule has 0 spiro atoms. The maximum atomic E-state index is 12.6. The lowest BCUT2D eigenvalue weighted by molar-refractivity contribution is -0.115. The second kappa shape index (κ2) is 9.56. The van der Waals surface area contributed by atoms with Crippen molar-refractivity contribution in [3.05, 3.63) is 88.9 Å². The number of hydrogen-bond donors (Lipinski definition) is 1. The van der Waals surface area contributed by atoms with Gasteiger partial charge in [0.15, 0.2) is 0 Å². The number of rotatable bonds is 7. The predicted molar refractivity (Wildman–Crippen MR) is 109 cm³/mol. The molecule has 0 aliphatic rings. The summed E-state index contributed by atoms with van der Waals surface area (Å²) in [6.45, 7) is 1.53. The summed E-state index contributed by atoms with van der Waals surface area (Å²) in [6, 6.07) is 17.5. The molecule has 30 heavy (non-hydrogen) atoms. The molecule has 0 saturated carbocycles. The second-order valence-corrected chi connectivity index (χ2v) is 6.55. The monoisotopic (exact) mass is 407 g/mol. The van der Waals surface area contributed by atoms with E-state index >= 15 is 0 Å². The van der Waals surface area contributed by atoms with Crippen LogP contribution in [0.3, 0.4) is 0 Å². The number of carbonyl (C=O) groups excluding carboxylic acids is 3. The topological polar surface area (TPSA) is 94.8 Å². The Bertz CT molecular complexity index is 1050. The number of amides is 1. The van der Waals surface area contributed by atoms with Gasteiger partial charge in [0.25, 0.3) is 0 Å². The minimum Gasteiger partial charge on any atom is -0.463 e. The van der Waals surface area contributed by atoms with E-state index in [1.165, 1.54) is 7.11 Å². The van der Waals surface area contributed by atoms with Crippen molar-refractivity contribution < 1.29 is 28.3 Å². The number of nitrogens with one attached hydrogen (secondary N) is 1. The van der Waals surface area contributed by atoms with E-state index in [1.807, 2.05) is 30.3 Å². The molecule has 0 saturated heterocycles. The van der Waals surface area contributed by atoms with Crippen molar-refractivity contribution in [2.45, 2.75) is 20.0 Å². The first kappa shape index (κ1) is 20.9. The van der Waals surface area contributed by atoms with Crippen molar-refractivity contribution in [1.29, 1.82) is 0 Å². The standard InChI is InChI=1S/C23H21NO6/c1-15-12-17(30-21(15)23(27)28-2)14-29-22(26)18-10-6-7-11-19(18)24-20(25)13-16-8-4-3-5-9-16/h3-12H,13-14H2,1-2H3,(H,24,25). The molecule has 1 aromatic heterocycles. The Labute approximate surface area is 173 Å². The molecule has 1 heterocycles. The van der Waals surface area contributed by atoms with E-state index < -0.39 is 11.9 Å². The zero-order valence-electron chi connectivity index (χ0n) is 16.6. The van der Waals surface area contributed by atoms with Crippen molar-refractivity contribution in [2.24, 2.45) is 0 Å². The Morgan fingerprint density at radius 3 is 2.40 bits per heavy atom. The molecule has 7 heteroatoms. The Kier molecular flexibility index (Phi) is 6.64. The summed E-state index contributed by atoms with van der Waals surface area (Å²) in [4.78, 5) is 36.5. The summed E-state index contributed by atoms with van der Waals surface area (Å²) >= 11 is 0. The van der Waals surface area contributed by atoms with Gasteiger partial charge in [-0.05, 0) is 30.7 Å². The fourth-order valence-electron chi connectivity index (χ4n) is 2.87. The normalized spacial score (nSPS) is 10.3. The van der Waals surface area contributed by atoms with Crippen molar-refractivity contribution in [1.82, 2.24) is 0 Å². The maximum Gasteiger partial charge on any atom is 0.374 e. The molecule has 0 radical (unpaired) electrons. The molecule has 154 valence electrons. The Balaban J connectivity index is 1.65. The fraction of sp³-hybridized carbons (Fsp3) is 0.174. The number of esters is 2. The third-order valence-electron chi connectivity index (χ3n) is 4.31. The molecule has 0 fully saturated rings. The first-order valence-electron chi connectivity index (χ1n) is 9.25. The summed E-state index contributed by atoms with van der Waals surface area (Å²) in [5.41, 5.74) is 2.02. The molecule has 0 bridgehead atoms. The molecule has 0 unspecified atom stereocenters. The van der Waals surface area contributed by atoms with Gasteiger partial charge in [-0.1, -0.05) is 42.5 Å². The lowest BCUT2D eigenvalue weighted by Crippen LogP contribution is -2.17. The number of ether oxygens (including phenoxy) is 2. The van der Waals surface area contributed by atoms with Gasteiger partial charge < -0.3 is 19.2 Å². The first-order valence-corrected chi connectivity index (χ1v) is 9.25. The number of benzene rings is 2. The van der Waals surface area contributed by atoms with Gasteiger partial charge in [0, 0.05) is 5.56 Å². The quantitative estimate of drug-likeness (QED) is 0.597. The molecule has 2 aromatic carbocycles. The highest BCUT2D eigenvalue weighted by Gasteiger charge is 2.19. The van der Waals surface area contributed by atoms with Crippen LogP contribution >= 0.6 is 0 Å². The van der Waals surface area contributed by atoms with E-state index in [-0.39, 0.29) is 30.3 Å². The summed E-state index contributed by atoms with van der Waals surface area (Å²) in [7, 11) is 1.26. The van der Waals surface area contributed by atoms with Crippen molar-refractivity contribution in [3.63, 3.8) is 0 Å². The van der Waals surface area contributed by atoms with Gasteiger partial charge in [0.2, 0.25) is 11.7 Å². The van der Waals surface area contributed by atoms with E-state index in [1.54, 1.807) is 37.3 Å². The van der Waals surface area contributed by atoms with Crippen LogP contribution in [0.15, 0.2) is 65.1 Å². The summed E-state index contributed by atoms with van der Waals surface area (Å²) in [5.74, 6) is -1.09. The van der Waals surface area contributed by atoms with E-state index in [2.05, 4.69) is 10.1 Å². The SMILES string of the molecule is COC(=O)c1oc(COC(=O)c2ccccc2NC(=O)Cc2ccccc2)cc1C. The second-order valence-electron chi connectivity index (χ2n) is 6.55. The van der Waals surface area contributed by atoms with Crippen LogP contribution in [0, 0.1) is 6.92 Å². The van der Waals surface area contributed by atoms with Gasteiger partial charge in [-0.3, -0.25) is 4.79 Å². The average molecular weight is 407 g/mol. The lowest BCUT2D eigenvalue weighted by atomic mass is 10.1. The first-order chi connectivity index (χ1) is 14.5. The van der Waals surface area contributed by atoms with Gasteiger partial charge in [0.1, 0.15) is 12.4 Å². The van der Waals surface area contributed by atoms with Gasteiger partial charge in [-0.2, -0.15) is 0 Å². The van der Waals surface area contributed by atoms with Gasteiger partial charge in [-0.15, -0.1) is 0 Å². The van der Waals surface area contributed by atoms with Crippen LogP contribution in [0.5, 0.6) is 0 Å². The molecule has 0 aliphatic heterocycles. The Hall–Kier alpha value is -3.87. The molecule has 1 amide bonds. The number of aryl methyl sites for hydroxylation is 1. The predicted octanol–water partition coefficient (Wildman–Crippen LogP) is 3.91. The molecule has 3 rings (SSSR count). The minimum absolute atomic E-state index is 0.0668. The smallest absolute Gasteiger partial charge is 0.374 e. The van der Waals surface area contributed by atoms with Crippen LogP contribution in [0.25, 0.3) is 0 Å². The zero-order valence-corrected chi connectivity index (χ0v) is 16.6. The maximum absolute atomic E-state index is 12.6. The molecule has 1 N–H and O–H groups in total. The highest BCUT2D eigenvalue weighted by atomic mass is 16.6. The van der Waals surface area contributed by atoms with Crippen molar-refractivity contribution >= 4 is 23.5 Å². The van der Waals surface area contributed by atoms with Crippen molar-refractivity contribution in [3.8, 4) is 0 Å². The van der Waals surface area contributed by atoms with E-state index in [9.17, 15) is 14.4 Å². The largest absolute Gasteiger partial charge is 0.463 e. The average Bonchev–Trinajstić information content (AvgIpc) is 3.13. The van der Waals surface area contributed by atoms with Crippen LogP contribution in [0.1, 0.15) is 37.8 Å². The van der Waals surface area contributed by atoms with Gasteiger partial charge in [-0.25, -0.2) is 9.59 Å². The van der Waals surface area contributed by atoms with Crippen LogP contribution in [0.4, 0.5) is 5.69 Å². The number of anilines is 1. The van der Waals surface area contributed by atoms with Gasteiger partial charge in [0.05, 0.1) is 24.8 Å². The molecule has 7 nitrogen and oxygen atoms in total. The summed E-state index contributed by atoms with van der Waals surface area (Å²) in [6.07, 6.45) is 0.187. The third-order valence-corrected chi connectivity index (χ3v) is 4.31. The van der Waals surface area contributed by atoms with E-state index in [0.717, 1.165) is 5.56 Å². The number of carbonyl (C=O) groups is 3. The highest BCUT2D eigenvalue weighted by molar-refractivity contribution is 6.01. The Morgan fingerprint density at radius 2 is 1.67 bits per heavy atom. The van der Waals surface area contributed by atoms with Crippen LogP contribution < -0.4 is 5.32 Å². The molecule has 3 aromatic rings. The number of methoxy groups -OCH3 is 1. The molecular formula is C23H21NO6. The summed E-state index contributed by atoms with van der Waals surface area (Å²) in [5, 5.41) is 2.75. The van der Waals surface area contributed by atoms with Crippen LogP contribution in [-0.2, 0) is 27.3 Å². The molecule has 0 atom stereocenters. The van der Waals surface area contributed by atoms with E-state index in [4.69, 9.17) is 9.15 Å². The van der Waals surface area contributed by atoms with Crippen LogP contribution in [0.2, 0.25) is 0 Å².